The Kier molecular flexibility index (Phi) is 6.32. The van der Waals surface area contributed by atoms with Crippen molar-refractivity contribution in [1.29, 1.82) is 0 Å². The van der Waals surface area contributed by atoms with Gasteiger partial charge in [-0.05, 0) is 42.6 Å². The molecule has 0 atom stereocenters. The number of rotatable bonds is 7. The number of ether oxygens (including phenoxy) is 2. The van der Waals surface area contributed by atoms with E-state index in [1.165, 1.54) is 11.8 Å². The van der Waals surface area contributed by atoms with Crippen molar-refractivity contribution in [1.82, 2.24) is 10.2 Å². The molecule has 0 spiro atoms. The molecular weight excluding hydrogens is 458 g/mol. The van der Waals surface area contributed by atoms with Crippen molar-refractivity contribution in [3.8, 4) is 23.0 Å². The van der Waals surface area contributed by atoms with Gasteiger partial charge < -0.3 is 18.8 Å². The third-order valence-corrected chi connectivity index (χ3v) is 6.72. The lowest BCUT2D eigenvalue weighted by atomic mass is 10.1. The summed E-state index contributed by atoms with van der Waals surface area (Å²) in [7, 11) is 0. The number of hydrogen-bond acceptors (Lipinski definition) is 8. The lowest BCUT2D eigenvalue weighted by molar-refractivity contribution is -0.116. The van der Waals surface area contributed by atoms with E-state index in [2.05, 4.69) is 10.2 Å². The summed E-state index contributed by atoms with van der Waals surface area (Å²) in [4.78, 5) is 16.1. The van der Waals surface area contributed by atoms with Gasteiger partial charge in [0.1, 0.15) is 13.2 Å². The van der Waals surface area contributed by atoms with Gasteiger partial charge in [0, 0.05) is 22.2 Å². The maximum Gasteiger partial charge on any atom is 0.277 e. The van der Waals surface area contributed by atoms with Crippen LogP contribution < -0.4 is 14.4 Å². The number of amides is 1. The number of carbonyl (C=O) groups is 1. The molecule has 5 rings (SSSR count). The van der Waals surface area contributed by atoms with Crippen molar-refractivity contribution in [3.05, 3.63) is 70.4 Å². The van der Waals surface area contributed by atoms with Crippen LogP contribution in [0.2, 0.25) is 0 Å². The summed E-state index contributed by atoms with van der Waals surface area (Å²) in [5.74, 6) is 1.87. The predicted octanol–water partition coefficient (Wildman–Crippen LogP) is 5.20. The first-order valence-electron chi connectivity index (χ1n) is 10.4. The Morgan fingerprint density at radius 1 is 1.06 bits per heavy atom. The Labute approximate surface area is 199 Å². The minimum absolute atomic E-state index is 0.0693. The van der Waals surface area contributed by atoms with Gasteiger partial charge in [0.15, 0.2) is 11.5 Å². The maximum absolute atomic E-state index is 13.3. The number of carbonyl (C=O) groups excluding carboxylic acids is 1. The molecule has 168 valence electrons. The zero-order valence-corrected chi connectivity index (χ0v) is 19.5. The first-order chi connectivity index (χ1) is 16.2. The third kappa shape index (κ3) is 5.04. The highest BCUT2D eigenvalue weighted by atomic mass is 32.2. The number of thiophene rings is 1. The van der Waals surface area contributed by atoms with Crippen LogP contribution in [0.15, 0.2) is 69.6 Å². The van der Waals surface area contributed by atoms with E-state index in [1.807, 2.05) is 66.9 Å². The van der Waals surface area contributed by atoms with E-state index < -0.39 is 0 Å². The Balaban J connectivity index is 1.32. The number of aromatic nitrogens is 2. The third-order valence-electron chi connectivity index (χ3n) is 5.06. The second kappa shape index (κ2) is 9.68. The van der Waals surface area contributed by atoms with Gasteiger partial charge in [-0.1, -0.05) is 35.5 Å². The lowest BCUT2D eigenvalue weighted by Crippen LogP contribution is -2.31. The topological polar surface area (TPSA) is 77.7 Å². The molecule has 2 aromatic heterocycles. The second-order valence-electron chi connectivity index (χ2n) is 7.42. The van der Waals surface area contributed by atoms with E-state index in [9.17, 15) is 4.79 Å². The van der Waals surface area contributed by atoms with Gasteiger partial charge in [0.05, 0.1) is 12.3 Å². The van der Waals surface area contributed by atoms with Crippen molar-refractivity contribution in [2.24, 2.45) is 0 Å². The van der Waals surface area contributed by atoms with Gasteiger partial charge in [-0.3, -0.25) is 4.79 Å². The van der Waals surface area contributed by atoms with Gasteiger partial charge in [-0.2, -0.15) is 0 Å². The molecule has 0 radical (unpaired) electrons. The molecule has 1 aliphatic rings. The van der Waals surface area contributed by atoms with Crippen LogP contribution >= 0.6 is 23.1 Å². The van der Waals surface area contributed by atoms with Crippen LogP contribution in [0.4, 0.5) is 5.69 Å². The molecule has 1 aliphatic heterocycles. The zero-order valence-electron chi connectivity index (χ0n) is 17.9. The molecular formula is C24H21N3O4S2. The van der Waals surface area contributed by atoms with Gasteiger partial charge in [-0.15, -0.1) is 21.5 Å². The number of thioether (sulfide) groups is 1. The molecule has 0 fully saturated rings. The summed E-state index contributed by atoms with van der Waals surface area (Å²) >= 11 is 2.84. The zero-order chi connectivity index (χ0) is 22.6. The van der Waals surface area contributed by atoms with E-state index in [1.54, 1.807) is 16.2 Å². The van der Waals surface area contributed by atoms with E-state index >= 15 is 0 Å². The van der Waals surface area contributed by atoms with Crippen molar-refractivity contribution in [3.63, 3.8) is 0 Å². The fraction of sp³-hybridized carbons (Fsp3) is 0.208. The number of fused-ring (bicyclic) bond motifs is 1. The molecule has 1 amide bonds. The average Bonchev–Trinajstić information content (AvgIpc) is 3.53. The number of anilines is 1. The van der Waals surface area contributed by atoms with Crippen molar-refractivity contribution in [2.45, 2.75) is 18.7 Å². The minimum Gasteiger partial charge on any atom is -0.486 e. The normalized spacial score (nSPS) is 12.5. The molecule has 7 nitrogen and oxygen atoms in total. The highest BCUT2D eigenvalue weighted by molar-refractivity contribution is 7.99. The van der Waals surface area contributed by atoms with Crippen molar-refractivity contribution in [2.75, 3.05) is 23.9 Å². The van der Waals surface area contributed by atoms with Crippen LogP contribution in [-0.4, -0.2) is 35.1 Å². The summed E-state index contributed by atoms with van der Waals surface area (Å²) in [6.45, 7) is 3.50. The largest absolute Gasteiger partial charge is 0.486 e. The maximum atomic E-state index is 13.3. The Morgan fingerprint density at radius 2 is 1.88 bits per heavy atom. The van der Waals surface area contributed by atoms with Crippen molar-refractivity contribution >= 4 is 34.7 Å². The minimum atomic E-state index is -0.0693. The van der Waals surface area contributed by atoms with Gasteiger partial charge in [0.25, 0.3) is 5.22 Å². The molecule has 0 saturated heterocycles. The van der Waals surface area contributed by atoms with Gasteiger partial charge in [-0.25, -0.2) is 0 Å². The first kappa shape index (κ1) is 21.5. The molecule has 0 bridgehead atoms. The smallest absolute Gasteiger partial charge is 0.277 e. The molecule has 0 aliphatic carbocycles. The van der Waals surface area contributed by atoms with Crippen LogP contribution in [0.3, 0.4) is 0 Å². The number of benzene rings is 2. The predicted molar refractivity (Wildman–Crippen MR) is 128 cm³/mol. The van der Waals surface area contributed by atoms with Crippen molar-refractivity contribution < 1.29 is 18.7 Å². The summed E-state index contributed by atoms with van der Waals surface area (Å²) in [6, 6.07) is 17.4. The summed E-state index contributed by atoms with van der Waals surface area (Å²) in [6.07, 6.45) is 0. The summed E-state index contributed by atoms with van der Waals surface area (Å²) in [5, 5.41) is 10.6. The quantitative estimate of drug-likeness (QED) is 0.337. The van der Waals surface area contributed by atoms with Gasteiger partial charge in [0.2, 0.25) is 11.8 Å². The van der Waals surface area contributed by atoms with Crippen LogP contribution in [-0.2, 0) is 11.3 Å². The van der Waals surface area contributed by atoms with E-state index in [0.717, 1.165) is 21.7 Å². The number of nitrogens with zero attached hydrogens (tertiary/aromatic N) is 3. The molecule has 33 heavy (non-hydrogen) atoms. The fourth-order valence-corrected chi connectivity index (χ4v) is 4.70. The standard InChI is InChI=1S/C24H21N3O4S2/c1-16-4-6-17(7-5-16)23-25-26-24(31-23)33-15-22(28)27(14-19-3-2-12-32-19)18-8-9-20-21(13-18)30-11-10-29-20/h2-9,12-13H,10-11,14-15H2,1H3. The highest BCUT2D eigenvalue weighted by Crippen LogP contribution is 2.35. The summed E-state index contributed by atoms with van der Waals surface area (Å²) in [5.41, 5.74) is 2.76. The van der Waals surface area contributed by atoms with Crippen LogP contribution in [0.25, 0.3) is 11.5 Å². The lowest BCUT2D eigenvalue weighted by Gasteiger charge is -2.25. The Morgan fingerprint density at radius 3 is 2.67 bits per heavy atom. The molecule has 3 heterocycles. The van der Waals surface area contributed by atoms with Gasteiger partial charge >= 0.3 is 0 Å². The fourth-order valence-electron chi connectivity index (χ4n) is 3.36. The monoisotopic (exact) mass is 479 g/mol. The highest BCUT2D eigenvalue weighted by Gasteiger charge is 2.21. The molecule has 0 saturated carbocycles. The average molecular weight is 480 g/mol. The van der Waals surface area contributed by atoms with Crippen LogP contribution in [0.5, 0.6) is 11.5 Å². The number of aryl methyl sites for hydroxylation is 1. The first-order valence-corrected chi connectivity index (χ1v) is 12.3. The van der Waals surface area contributed by atoms with E-state index in [-0.39, 0.29) is 11.7 Å². The molecule has 0 N–H and O–H groups in total. The molecule has 0 unspecified atom stereocenters. The van der Waals surface area contributed by atoms with E-state index in [4.69, 9.17) is 13.9 Å². The number of hydrogen-bond donors (Lipinski definition) is 0. The SMILES string of the molecule is Cc1ccc(-c2nnc(SCC(=O)N(Cc3cccs3)c3ccc4c(c3)OCCO4)o2)cc1. The molecule has 2 aromatic carbocycles. The van der Waals surface area contributed by atoms with Crippen LogP contribution in [0, 0.1) is 6.92 Å². The Bertz CT molecular complexity index is 1240. The van der Waals surface area contributed by atoms with E-state index in [0.29, 0.717) is 42.4 Å². The Hall–Kier alpha value is -3.30. The second-order valence-corrected chi connectivity index (χ2v) is 9.37. The van der Waals surface area contributed by atoms with Crippen LogP contribution in [0.1, 0.15) is 10.4 Å². The summed E-state index contributed by atoms with van der Waals surface area (Å²) < 4.78 is 17.1. The molecule has 4 aromatic rings. The molecule has 9 heteroatoms.